The maximum absolute atomic E-state index is 5.98. The second-order valence-electron chi connectivity index (χ2n) is 5.57. The Bertz CT molecular complexity index is 1210. The SMILES string of the molecule is Clc1ccc2oc(Nc3ccc4oc5ccccc5c4c3)nc2c1. The molecule has 0 aliphatic heterocycles. The molecule has 0 fully saturated rings. The number of benzene rings is 3. The number of hydrogen-bond donors (Lipinski definition) is 1. The topological polar surface area (TPSA) is 51.2 Å². The molecule has 0 bridgehead atoms. The second-order valence-corrected chi connectivity index (χ2v) is 6.00. The lowest BCUT2D eigenvalue weighted by Crippen LogP contribution is -1.89. The highest BCUT2D eigenvalue weighted by Crippen LogP contribution is 2.32. The molecule has 0 aliphatic carbocycles. The van der Waals surface area contributed by atoms with Crippen molar-refractivity contribution in [3.63, 3.8) is 0 Å². The van der Waals surface area contributed by atoms with Crippen LogP contribution in [-0.2, 0) is 0 Å². The van der Waals surface area contributed by atoms with Gasteiger partial charge in [0.2, 0.25) is 0 Å². The van der Waals surface area contributed by atoms with Crippen molar-refractivity contribution in [1.82, 2.24) is 4.98 Å². The molecule has 116 valence electrons. The van der Waals surface area contributed by atoms with Gasteiger partial charge in [-0.05, 0) is 42.5 Å². The predicted octanol–water partition coefficient (Wildman–Crippen LogP) is 6.12. The number of nitrogens with one attached hydrogen (secondary N) is 1. The van der Waals surface area contributed by atoms with Crippen molar-refractivity contribution in [3.8, 4) is 0 Å². The molecular weight excluding hydrogens is 324 g/mol. The van der Waals surface area contributed by atoms with Crippen molar-refractivity contribution in [2.45, 2.75) is 0 Å². The Labute approximate surface area is 141 Å². The minimum Gasteiger partial charge on any atom is -0.456 e. The summed E-state index contributed by atoms with van der Waals surface area (Å²) >= 11 is 5.98. The number of aromatic nitrogens is 1. The zero-order valence-electron chi connectivity index (χ0n) is 12.4. The smallest absolute Gasteiger partial charge is 0.300 e. The van der Waals surface area contributed by atoms with Gasteiger partial charge in [0.25, 0.3) is 6.01 Å². The minimum absolute atomic E-state index is 0.430. The molecule has 2 heterocycles. The number of furan rings is 1. The van der Waals surface area contributed by atoms with Crippen LogP contribution in [0.25, 0.3) is 33.0 Å². The third-order valence-corrected chi connectivity index (χ3v) is 4.21. The molecular formula is C19H11ClN2O2. The highest BCUT2D eigenvalue weighted by molar-refractivity contribution is 6.31. The van der Waals surface area contributed by atoms with Gasteiger partial charge in [0.15, 0.2) is 5.58 Å². The van der Waals surface area contributed by atoms with Gasteiger partial charge >= 0.3 is 0 Å². The summed E-state index contributed by atoms with van der Waals surface area (Å²) in [5.74, 6) is 0. The summed E-state index contributed by atoms with van der Waals surface area (Å²) in [6.07, 6.45) is 0. The van der Waals surface area contributed by atoms with Crippen LogP contribution < -0.4 is 5.32 Å². The number of rotatable bonds is 2. The van der Waals surface area contributed by atoms with Crippen LogP contribution in [0.15, 0.2) is 69.5 Å². The molecule has 5 rings (SSSR count). The van der Waals surface area contributed by atoms with Crippen molar-refractivity contribution in [3.05, 3.63) is 65.7 Å². The van der Waals surface area contributed by atoms with Gasteiger partial charge in [0.05, 0.1) is 0 Å². The third-order valence-electron chi connectivity index (χ3n) is 3.98. The van der Waals surface area contributed by atoms with Gasteiger partial charge in [0.1, 0.15) is 16.7 Å². The number of oxazole rings is 1. The average Bonchev–Trinajstić information content (AvgIpc) is 3.14. The van der Waals surface area contributed by atoms with E-state index in [-0.39, 0.29) is 0 Å². The third kappa shape index (κ3) is 2.12. The number of halogens is 1. The van der Waals surface area contributed by atoms with Crippen LogP contribution in [0.3, 0.4) is 0 Å². The van der Waals surface area contributed by atoms with E-state index in [2.05, 4.69) is 10.3 Å². The minimum atomic E-state index is 0.430. The van der Waals surface area contributed by atoms with E-state index in [0.717, 1.165) is 33.1 Å². The lowest BCUT2D eigenvalue weighted by Gasteiger charge is -2.01. The van der Waals surface area contributed by atoms with E-state index in [0.29, 0.717) is 16.6 Å². The predicted molar refractivity (Wildman–Crippen MR) is 96.0 cm³/mol. The fourth-order valence-corrected chi connectivity index (χ4v) is 3.05. The summed E-state index contributed by atoms with van der Waals surface area (Å²) in [5, 5.41) is 5.96. The summed E-state index contributed by atoms with van der Waals surface area (Å²) in [5.41, 5.74) is 4.02. The van der Waals surface area contributed by atoms with Crippen molar-refractivity contribution in [2.75, 3.05) is 5.32 Å². The Morgan fingerprint density at radius 3 is 2.58 bits per heavy atom. The van der Waals surface area contributed by atoms with Gasteiger partial charge in [-0.3, -0.25) is 0 Å². The summed E-state index contributed by atoms with van der Waals surface area (Å²) in [4.78, 5) is 4.41. The molecule has 0 spiro atoms. The summed E-state index contributed by atoms with van der Waals surface area (Å²) < 4.78 is 11.5. The highest BCUT2D eigenvalue weighted by Gasteiger charge is 2.10. The zero-order chi connectivity index (χ0) is 16.1. The van der Waals surface area contributed by atoms with Crippen LogP contribution in [0.1, 0.15) is 0 Å². The molecule has 4 nitrogen and oxygen atoms in total. The van der Waals surface area contributed by atoms with Gasteiger partial charge in [-0.2, -0.15) is 4.98 Å². The number of nitrogens with zero attached hydrogens (tertiary/aromatic N) is 1. The van der Waals surface area contributed by atoms with Crippen molar-refractivity contribution in [2.24, 2.45) is 0 Å². The van der Waals surface area contributed by atoms with Gasteiger partial charge < -0.3 is 14.2 Å². The number of fused-ring (bicyclic) bond motifs is 4. The molecule has 2 aromatic heterocycles. The van der Waals surface area contributed by atoms with E-state index in [1.807, 2.05) is 48.5 Å². The molecule has 24 heavy (non-hydrogen) atoms. The monoisotopic (exact) mass is 334 g/mol. The lowest BCUT2D eigenvalue weighted by molar-refractivity contribution is 0.623. The first kappa shape index (κ1) is 13.5. The number of hydrogen-bond acceptors (Lipinski definition) is 4. The second kappa shape index (κ2) is 5.01. The molecule has 3 aromatic carbocycles. The van der Waals surface area contributed by atoms with Gasteiger partial charge in [-0.1, -0.05) is 29.8 Å². The Hall–Kier alpha value is -2.98. The van der Waals surface area contributed by atoms with Crippen LogP contribution in [0.5, 0.6) is 0 Å². The molecule has 0 aliphatic rings. The standard InChI is InChI=1S/C19H11ClN2O2/c20-11-5-7-18-15(9-11)22-19(24-18)21-12-6-8-17-14(10-12)13-3-1-2-4-16(13)23-17/h1-10H,(H,21,22). The van der Waals surface area contributed by atoms with Crippen LogP contribution >= 0.6 is 11.6 Å². The maximum Gasteiger partial charge on any atom is 0.300 e. The maximum atomic E-state index is 5.98. The summed E-state index contributed by atoms with van der Waals surface area (Å²) in [6, 6.07) is 19.7. The van der Waals surface area contributed by atoms with Crippen LogP contribution in [0.2, 0.25) is 5.02 Å². The van der Waals surface area contributed by atoms with E-state index < -0.39 is 0 Å². The molecule has 5 aromatic rings. The van der Waals surface area contributed by atoms with Gasteiger partial charge in [0, 0.05) is 21.5 Å². The van der Waals surface area contributed by atoms with E-state index in [4.69, 9.17) is 20.4 Å². The Balaban J connectivity index is 1.58. The Morgan fingerprint density at radius 2 is 1.62 bits per heavy atom. The zero-order valence-corrected chi connectivity index (χ0v) is 13.2. The van der Waals surface area contributed by atoms with Gasteiger partial charge in [-0.15, -0.1) is 0 Å². The highest BCUT2D eigenvalue weighted by atomic mass is 35.5. The summed E-state index contributed by atoms with van der Waals surface area (Å²) in [6.45, 7) is 0. The van der Waals surface area contributed by atoms with Crippen LogP contribution in [-0.4, -0.2) is 4.98 Å². The molecule has 5 heteroatoms. The Morgan fingerprint density at radius 1 is 0.792 bits per heavy atom. The first-order chi connectivity index (χ1) is 11.8. The van der Waals surface area contributed by atoms with Crippen molar-refractivity contribution < 1.29 is 8.83 Å². The molecule has 0 saturated carbocycles. The van der Waals surface area contributed by atoms with Crippen molar-refractivity contribution >= 4 is 56.3 Å². The van der Waals surface area contributed by atoms with E-state index in [1.165, 1.54) is 0 Å². The molecule has 0 amide bonds. The molecule has 1 N–H and O–H groups in total. The number of anilines is 2. The average molecular weight is 335 g/mol. The van der Waals surface area contributed by atoms with Gasteiger partial charge in [-0.25, -0.2) is 0 Å². The molecule has 0 radical (unpaired) electrons. The van der Waals surface area contributed by atoms with E-state index >= 15 is 0 Å². The fraction of sp³-hybridized carbons (Fsp3) is 0. The van der Waals surface area contributed by atoms with Crippen LogP contribution in [0.4, 0.5) is 11.7 Å². The number of para-hydroxylation sites is 1. The summed E-state index contributed by atoms with van der Waals surface area (Å²) in [7, 11) is 0. The molecule has 0 unspecified atom stereocenters. The normalized spacial score (nSPS) is 11.5. The van der Waals surface area contributed by atoms with Crippen molar-refractivity contribution in [1.29, 1.82) is 0 Å². The van der Waals surface area contributed by atoms with Crippen LogP contribution in [0, 0.1) is 0 Å². The Kier molecular flexibility index (Phi) is 2.81. The van der Waals surface area contributed by atoms with E-state index in [1.54, 1.807) is 12.1 Å². The molecule has 0 saturated heterocycles. The fourth-order valence-electron chi connectivity index (χ4n) is 2.88. The van der Waals surface area contributed by atoms with E-state index in [9.17, 15) is 0 Å². The lowest BCUT2D eigenvalue weighted by atomic mass is 10.1. The quantitative estimate of drug-likeness (QED) is 0.422. The largest absolute Gasteiger partial charge is 0.456 e. The molecule has 0 atom stereocenters. The first-order valence-corrected chi connectivity index (χ1v) is 7.88. The first-order valence-electron chi connectivity index (χ1n) is 7.51.